The van der Waals surface area contributed by atoms with Gasteiger partial charge in [0.2, 0.25) is 5.91 Å². The molecule has 0 saturated carbocycles. The first-order valence-corrected chi connectivity index (χ1v) is 7.33. The quantitative estimate of drug-likeness (QED) is 0.925. The van der Waals surface area contributed by atoms with Gasteiger partial charge in [-0.15, -0.1) is 12.4 Å². The molecule has 0 spiro atoms. The van der Waals surface area contributed by atoms with E-state index in [0.29, 0.717) is 6.54 Å². The zero-order valence-corrected chi connectivity index (χ0v) is 13.3. The highest BCUT2D eigenvalue weighted by molar-refractivity contribution is 6.31. The van der Waals surface area contributed by atoms with Crippen molar-refractivity contribution in [2.75, 3.05) is 19.6 Å². The second kappa shape index (κ2) is 8.50. The Hall–Kier alpha value is -0.770. The fourth-order valence-corrected chi connectivity index (χ4v) is 2.69. The third kappa shape index (κ3) is 4.37. The lowest BCUT2D eigenvalue weighted by atomic mass is 9.98. The largest absolute Gasteiger partial charge is 0.338 e. The number of carbonyl (C=O) groups excluding carboxylic acids is 1. The number of amides is 1. The first kappa shape index (κ1) is 17.3. The number of piperidine rings is 1. The number of hydrogen-bond donors (Lipinski definition) is 1. The van der Waals surface area contributed by atoms with Gasteiger partial charge in [0.15, 0.2) is 0 Å². The van der Waals surface area contributed by atoms with E-state index >= 15 is 0 Å². The van der Waals surface area contributed by atoms with Gasteiger partial charge in [0.25, 0.3) is 0 Å². The predicted molar refractivity (Wildman–Crippen MR) is 85.4 cm³/mol. The summed E-state index contributed by atoms with van der Waals surface area (Å²) in [5, 5.41) is 4.03. The summed E-state index contributed by atoms with van der Waals surface area (Å²) in [5.74, 6) is 0.366. The van der Waals surface area contributed by atoms with Gasteiger partial charge in [0.1, 0.15) is 0 Å². The van der Waals surface area contributed by atoms with Crippen molar-refractivity contribution in [2.24, 2.45) is 5.92 Å². The van der Waals surface area contributed by atoms with Gasteiger partial charge >= 0.3 is 0 Å². The third-order valence-electron chi connectivity index (χ3n) is 3.66. The molecule has 1 unspecified atom stereocenters. The Balaban J connectivity index is 0.00000200. The summed E-state index contributed by atoms with van der Waals surface area (Å²) in [6.45, 7) is 5.18. The number of benzene rings is 1. The smallest absolute Gasteiger partial charge is 0.227 e. The summed E-state index contributed by atoms with van der Waals surface area (Å²) < 4.78 is 0. The molecule has 0 bridgehead atoms. The van der Waals surface area contributed by atoms with Crippen LogP contribution >= 0.6 is 24.0 Å². The minimum absolute atomic E-state index is 0. The van der Waals surface area contributed by atoms with Gasteiger partial charge in [-0.05, 0) is 37.9 Å². The maximum Gasteiger partial charge on any atom is 0.227 e. The predicted octanol–water partition coefficient (Wildman–Crippen LogP) is 3.11. The molecular weight excluding hydrogens is 295 g/mol. The standard InChI is InChI=1S/C15H21ClN2O.ClH/c1-2-18(11-13-6-3-4-8-14(13)16)15(19)12-7-5-9-17-10-12;/h3-4,6,8,12,17H,2,5,7,9-11H2,1H3;1H. The summed E-state index contributed by atoms with van der Waals surface area (Å²) in [7, 11) is 0. The zero-order valence-electron chi connectivity index (χ0n) is 11.8. The number of nitrogens with one attached hydrogen (secondary N) is 1. The molecule has 2 rings (SSSR count). The second-order valence-electron chi connectivity index (χ2n) is 4.99. The van der Waals surface area contributed by atoms with Gasteiger partial charge < -0.3 is 10.2 Å². The van der Waals surface area contributed by atoms with E-state index in [-0.39, 0.29) is 24.2 Å². The fourth-order valence-electron chi connectivity index (χ4n) is 2.50. The molecule has 1 saturated heterocycles. The Labute approximate surface area is 132 Å². The molecule has 1 amide bonds. The molecule has 1 aliphatic heterocycles. The van der Waals surface area contributed by atoms with Gasteiger partial charge in [-0.2, -0.15) is 0 Å². The van der Waals surface area contributed by atoms with Crippen molar-refractivity contribution in [3.05, 3.63) is 34.9 Å². The second-order valence-corrected chi connectivity index (χ2v) is 5.39. The first-order valence-electron chi connectivity index (χ1n) is 6.95. The summed E-state index contributed by atoms with van der Waals surface area (Å²) in [4.78, 5) is 14.4. The minimum atomic E-state index is 0. The minimum Gasteiger partial charge on any atom is -0.338 e. The van der Waals surface area contributed by atoms with Crippen molar-refractivity contribution in [1.82, 2.24) is 10.2 Å². The number of hydrogen-bond acceptors (Lipinski definition) is 2. The van der Waals surface area contributed by atoms with Crippen molar-refractivity contribution in [1.29, 1.82) is 0 Å². The molecule has 1 atom stereocenters. The molecule has 1 aliphatic rings. The van der Waals surface area contributed by atoms with Gasteiger partial charge in [0.05, 0.1) is 5.92 Å². The van der Waals surface area contributed by atoms with E-state index in [2.05, 4.69) is 5.32 Å². The Kier molecular flexibility index (Phi) is 7.35. The van der Waals surface area contributed by atoms with Gasteiger partial charge in [-0.1, -0.05) is 29.8 Å². The van der Waals surface area contributed by atoms with Crippen LogP contribution in [0.4, 0.5) is 0 Å². The molecule has 1 aromatic carbocycles. The summed E-state index contributed by atoms with van der Waals surface area (Å²) in [5.41, 5.74) is 1.02. The first-order chi connectivity index (χ1) is 9.22. The Morgan fingerprint density at radius 1 is 1.45 bits per heavy atom. The van der Waals surface area contributed by atoms with E-state index in [0.717, 1.165) is 43.1 Å². The summed E-state index contributed by atoms with van der Waals surface area (Å²) >= 11 is 6.17. The van der Waals surface area contributed by atoms with Crippen LogP contribution in [0.2, 0.25) is 5.02 Å². The molecule has 5 heteroatoms. The topological polar surface area (TPSA) is 32.3 Å². The number of halogens is 2. The fraction of sp³-hybridized carbons (Fsp3) is 0.533. The molecule has 0 aliphatic carbocycles. The molecular formula is C15H22Cl2N2O. The average molecular weight is 317 g/mol. The van der Waals surface area contributed by atoms with Crippen LogP contribution in [0.15, 0.2) is 24.3 Å². The molecule has 20 heavy (non-hydrogen) atoms. The van der Waals surface area contributed by atoms with Gasteiger partial charge in [-0.25, -0.2) is 0 Å². The molecule has 0 aromatic heterocycles. The van der Waals surface area contributed by atoms with Crippen molar-refractivity contribution >= 4 is 29.9 Å². The number of rotatable bonds is 4. The highest BCUT2D eigenvalue weighted by Crippen LogP contribution is 2.19. The van der Waals surface area contributed by atoms with Crippen LogP contribution in [0.25, 0.3) is 0 Å². The van der Waals surface area contributed by atoms with Crippen molar-refractivity contribution in [2.45, 2.75) is 26.3 Å². The van der Waals surface area contributed by atoms with E-state index in [1.54, 1.807) is 0 Å². The van der Waals surface area contributed by atoms with Crippen LogP contribution < -0.4 is 5.32 Å². The lowest BCUT2D eigenvalue weighted by Crippen LogP contribution is -2.42. The van der Waals surface area contributed by atoms with Gasteiger partial charge in [-0.3, -0.25) is 4.79 Å². The molecule has 112 valence electrons. The van der Waals surface area contributed by atoms with Crippen LogP contribution in [0.5, 0.6) is 0 Å². The highest BCUT2D eigenvalue weighted by atomic mass is 35.5. The van der Waals surface area contributed by atoms with E-state index in [1.165, 1.54) is 0 Å². The van der Waals surface area contributed by atoms with E-state index in [4.69, 9.17) is 11.6 Å². The molecule has 1 aromatic rings. The SMILES string of the molecule is CCN(Cc1ccccc1Cl)C(=O)C1CCCNC1.Cl. The number of carbonyl (C=O) groups is 1. The van der Waals surface area contributed by atoms with Crippen LogP contribution in [0.1, 0.15) is 25.3 Å². The van der Waals surface area contributed by atoms with Crippen LogP contribution in [0, 0.1) is 5.92 Å². The van der Waals surface area contributed by atoms with Crippen molar-refractivity contribution in [3.8, 4) is 0 Å². The van der Waals surface area contributed by atoms with Crippen LogP contribution in [-0.4, -0.2) is 30.4 Å². The molecule has 1 fully saturated rings. The number of nitrogens with zero attached hydrogens (tertiary/aromatic N) is 1. The van der Waals surface area contributed by atoms with E-state index < -0.39 is 0 Å². The monoisotopic (exact) mass is 316 g/mol. The maximum atomic E-state index is 12.5. The Bertz CT molecular complexity index is 434. The molecule has 1 heterocycles. The normalized spacial score (nSPS) is 18.2. The summed E-state index contributed by atoms with van der Waals surface area (Å²) in [6.07, 6.45) is 2.07. The van der Waals surface area contributed by atoms with Crippen LogP contribution in [-0.2, 0) is 11.3 Å². The van der Waals surface area contributed by atoms with Crippen molar-refractivity contribution in [3.63, 3.8) is 0 Å². The van der Waals surface area contributed by atoms with Crippen molar-refractivity contribution < 1.29 is 4.79 Å². The zero-order chi connectivity index (χ0) is 13.7. The Morgan fingerprint density at radius 3 is 2.80 bits per heavy atom. The lowest BCUT2D eigenvalue weighted by molar-refractivity contribution is -0.136. The van der Waals surface area contributed by atoms with Crippen LogP contribution in [0.3, 0.4) is 0 Å². The lowest BCUT2D eigenvalue weighted by Gasteiger charge is -2.29. The third-order valence-corrected chi connectivity index (χ3v) is 4.03. The molecule has 0 radical (unpaired) electrons. The molecule has 1 N–H and O–H groups in total. The highest BCUT2D eigenvalue weighted by Gasteiger charge is 2.25. The van der Waals surface area contributed by atoms with Gasteiger partial charge in [0, 0.05) is 24.7 Å². The van der Waals surface area contributed by atoms with E-state index in [1.807, 2.05) is 36.1 Å². The maximum absolute atomic E-state index is 12.5. The summed E-state index contributed by atoms with van der Waals surface area (Å²) in [6, 6.07) is 7.73. The molecule has 3 nitrogen and oxygen atoms in total. The Morgan fingerprint density at radius 2 is 2.20 bits per heavy atom. The average Bonchev–Trinajstić information content (AvgIpc) is 2.47. The van der Waals surface area contributed by atoms with E-state index in [9.17, 15) is 4.79 Å².